The third-order valence-electron chi connectivity index (χ3n) is 2.66. The molecule has 1 N–H and O–H groups in total. The summed E-state index contributed by atoms with van der Waals surface area (Å²) < 4.78 is 14.6. The maximum absolute atomic E-state index is 12.8. The highest BCUT2D eigenvalue weighted by Crippen LogP contribution is 2.12. The van der Waals surface area contributed by atoms with Gasteiger partial charge in [0.15, 0.2) is 0 Å². The first kappa shape index (κ1) is 11.8. The molecule has 0 saturated heterocycles. The highest BCUT2D eigenvalue weighted by atomic mass is 19.1. The van der Waals surface area contributed by atoms with E-state index in [4.69, 9.17) is 0 Å². The van der Waals surface area contributed by atoms with E-state index in [0.717, 1.165) is 30.0 Å². The van der Waals surface area contributed by atoms with Crippen molar-refractivity contribution in [3.05, 3.63) is 47.5 Å². The Morgan fingerprint density at radius 1 is 1.29 bits per heavy atom. The van der Waals surface area contributed by atoms with Crippen LogP contribution >= 0.6 is 0 Å². The van der Waals surface area contributed by atoms with E-state index in [9.17, 15) is 4.39 Å². The van der Waals surface area contributed by atoms with Crippen LogP contribution < -0.4 is 5.32 Å². The summed E-state index contributed by atoms with van der Waals surface area (Å²) in [5.41, 5.74) is 3.03. The Labute approximate surface area is 100 Å². The largest absolute Gasteiger partial charge is 0.313 e. The van der Waals surface area contributed by atoms with Gasteiger partial charge in [0.2, 0.25) is 0 Å². The molecule has 0 radical (unpaired) electrons. The predicted octanol–water partition coefficient (Wildman–Crippen LogP) is 2.43. The number of benzene rings is 1. The summed E-state index contributed by atoms with van der Waals surface area (Å²) in [6.07, 6.45) is 1.98. The van der Waals surface area contributed by atoms with Crippen molar-refractivity contribution in [1.82, 2.24) is 15.1 Å². The maximum atomic E-state index is 12.8. The predicted molar refractivity (Wildman–Crippen MR) is 65.6 cm³/mol. The van der Waals surface area contributed by atoms with Crippen molar-refractivity contribution in [2.24, 2.45) is 0 Å². The lowest BCUT2D eigenvalue weighted by Gasteiger charge is -2.00. The van der Waals surface area contributed by atoms with Crippen LogP contribution in [0.2, 0.25) is 0 Å². The third kappa shape index (κ3) is 2.71. The lowest BCUT2D eigenvalue weighted by molar-refractivity contribution is 0.627. The van der Waals surface area contributed by atoms with Gasteiger partial charge >= 0.3 is 0 Å². The summed E-state index contributed by atoms with van der Waals surface area (Å²) in [7, 11) is 0. The van der Waals surface area contributed by atoms with Gasteiger partial charge in [-0.3, -0.25) is 0 Å². The molecule has 1 aromatic carbocycles. The van der Waals surface area contributed by atoms with Gasteiger partial charge in [0.1, 0.15) is 5.82 Å². The molecule has 0 aliphatic heterocycles. The van der Waals surface area contributed by atoms with Crippen molar-refractivity contribution in [2.45, 2.75) is 20.4 Å². The van der Waals surface area contributed by atoms with E-state index in [1.165, 1.54) is 12.1 Å². The smallest absolute Gasteiger partial charge is 0.123 e. The average Bonchev–Trinajstić information content (AvgIpc) is 2.69. The average molecular weight is 233 g/mol. The molecule has 90 valence electrons. The monoisotopic (exact) mass is 233 g/mol. The molecule has 0 saturated carbocycles. The van der Waals surface area contributed by atoms with Gasteiger partial charge in [-0.15, -0.1) is 0 Å². The minimum absolute atomic E-state index is 0.231. The maximum Gasteiger partial charge on any atom is 0.123 e. The van der Waals surface area contributed by atoms with Gasteiger partial charge in [0, 0.05) is 18.3 Å². The van der Waals surface area contributed by atoms with Crippen LogP contribution in [-0.4, -0.2) is 16.3 Å². The minimum Gasteiger partial charge on any atom is -0.313 e. The molecule has 4 heteroatoms. The van der Waals surface area contributed by atoms with Crippen LogP contribution in [0.5, 0.6) is 0 Å². The topological polar surface area (TPSA) is 29.9 Å². The third-order valence-corrected chi connectivity index (χ3v) is 2.66. The van der Waals surface area contributed by atoms with E-state index in [1.807, 2.05) is 13.1 Å². The van der Waals surface area contributed by atoms with E-state index in [0.29, 0.717) is 0 Å². The summed E-state index contributed by atoms with van der Waals surface area (Å²) in [4.78, 5) is 0. The molecule has 1 aromatic heterocycles. The Kier molecular flexibility index (Phi) is 3.54. The lowest BCUT2D eigenvalue weighted by Crippen LogP contribution is -2.11. The van der Waals surface area contributed by atoms with Gasteiger partial charge in [-0.25, -0.2) is 9.07 Å². The van der Waals surface area contributed by atoms with Gasteiger partial charge in [-0.2, -0.15) is 5.10 Å². The molecule has 3 nitrogen and oxygen atoms in total. The summed E-state index contributed by atoms with van der Waals surface area (Å²) in [6.45, 7) is 5.79. The van der Waals surface area contributed by atoms with Gasteiger partial charge in [0.05, 0.1) is 11.4 Å². The fourth-order valence-electron chi connectivity index (χ4n) is 1.66. The zero-order chi connectivity index (χ0) is 12.3. The molecule has 0 aliphatic rings. The Hall–Kier alpha value is -1.68. The van der Waals surface area contributed by atoms with Gasteiger partial charge < -0.3 is 5.32 Å². The minimum atomic E-state index is -0.231. The molecule has 2 aromatic rings. The van der Waals surface area contributed by atoms with Crippen LogP contribution in [0.3, 0.4) is 0 Å². The quantitative estimate of drug-likeness (QED) is 0.879. The second-order valence-electron chi connectivity index (χ2n) is 3.94. The van der Waals surface area contributed by atoms with Crippen LogP contribution in [0, 0.1) is 12.7 Å². The summed E-state index contributed by atoms with van der Waals surface area (Å²) >= 11 is 0. The molecule has 0 spiro atoms. The van der Waals surface area contributed by atoms with Crippen molar-refractivity contribution in [3.63, 3.8) is 0 Å². The van der Waals surface area contributed by atoms with E-state index in [-0.39, 0.29) is 5.82 Å². The number of aryl methyl sites for hydroxylation is 1. The number of aromatic nitrogens is 2. The normalized spacial score (nSPS) is 10.8. The molecule has 0 fully saturated rings. The molecule has 0 aliphatic carbocycles. The van der Waals surface area contributed by atoms with Crippen LogP contribution in [0.25, 0.3) is 5.69 Å². The fraction of sp³-hybridized carbons (Fsp3) is 0.308. The highest BCUT2D eigenvalue weighted by molar-refractivity contribution is 5.32. The van der Waals surface area contributed by atoms with Crippen molar-refractivity contribution >= 4 is 0 Å². The summed E-state index contributed by atoms with van der Waals surface area (Å²) in [6, 6.07) is 6.32. The SMILES string of the molecule is CCNCc1cn(-c2ccc(F)cc2)nc1C. The molecule has 2 rings (SSSR count). The van der Waals surface area contributed by atoms with Gasteiger partial charge in [0.25, 0.3) is 0 Å². The Bertz CT molecular complexity index is 488. The molecular weight excluding hydrogens is 217 g/mol. The Morgan fingerprint density at radius 3 is 2.65 bits per heavy atom. The van der Waals surface area contributed by atoms with E-state index >= 15 is 0 Å². The lowest BCUT2D eigenvalue weighted by atomic mass is 10.2. The molecule has 0 atom stereocenters. The summed E-state index contributed by atoms with van der Waals surface area (Å²) in [5.74, 6) is -0.231. The number of hydrogen-bond donors (Lipinski definition) is 1. The Balaban J connectivity index is 2.24. The summed E-state index contributed by atoms with van der Waals surface area (Å²) in [5, 5.41) is 7.68. The number of hydrogen-bond acceptors (Lipinski definition) is 2. The van der Waals surface area contributed by atoms with Crippen molar-refractivity contribution in [3.8, 4) is 5.69 Å². The van der Waals surface area contributed by atoms with Crippen molar-refractivity contribution in [1.29, 1.82) is 0 Å². The first-order valence-electron chi connectivity index (χ1n) is 5.72. The zero-order valence-electron chi connectivity index (χ0n) is 10.1. The van der Waals surface area contributed by atoms with Gasteiger partial charge in [-0.05, 0) is 37.7 Å². The first-order valence-corrected chi connectivity index (χ1v) is 5.72. The van der Waals surface area contributed by atoms with Crippen LogP contribution in [-0.2, 0) is 6.54 Å². The second kappa shape index (κ2) is 5.10. The second-order valence-corrected chi connectivity index (χ2v) is 3.94. The number of nitrogens with zero attached hydrogens (tertiary/aromatic N) is 2. The van der Waals surface area contributed by atoms with Crippen LogP contribution in [0.1, 0.15) is 18.2 Å². The van der Waals surface area contributed by atoms with E-state index in [1.54, 1.807) is 16.8 Å². The standard InChI is InChI=1S/C13H16FN3/c1-3-15-8-11-9-17(16-10(11)2)13-6-4-12(14)5-7-13/h4-7,9,15H,3,8H2,1-2H3. The van der Waals surface area contributed by atoms with Gasteiger partial charge in [-0.1, -0.05) is 6.92 Å². The molecular formula is C13H16FN3. The molecule has 17 heavy (non-hydrogen) atoms. The van der Waals surface area contributed by atoms with E-state index < -0.39 is 0 Å². The van der Waals surface area contributed by atoms with E-state index in [2.05, 4.69) is 17.3 Å². The molecule has 0 unspecified atom stereocenters. The highest BCUT2D eigenvalue weighted by Gasteiger charge is 2.05. The number of rotatable bonds is 4. The van der Waals surface area contributed by atoms with Crippen molar-refractivity contribution in [2.75, 3.05) is 6.54 Å². The fourth-order valence-corrected chi connectivity index (χ4v) is 1.66. The Morgan fingerprint density at radius 2 is 2.00 bits per heavy atom. The zero-order valence-corrected chi connectivity index (χ0v) is 10.1. The molecule has 0 amide bonds. The van der Waals surface area contributed by atoms with Crippen molar-refractivity contribution < 1.29 is 4.39 Å². The number of halogens is 1. The number of nitrogens with one attached hydrogen (secondary N) is 1. The molecule has 1 heterocycles. The van der Waals surface area contributed by atoms with Crippen LogP contribution in [0.4, 0.5) is 4.39 Å². The van der Waals surface area contributed by atoms with Crippen LogP contribution in [0.15, 0.2) is 30.5 Å². The first-order chi connectivity index (χ1) is 8.20. The molecule has 0 bridgehead atoms.